The van der Waals surface area contributed by atoms with Crippen molar-refractivity contribution in [3.63, 3.8) is 0 Å². The summed E-state index contributed by atoms with van der Waals surface area (Å²) < 4.78 is 0. The maximum atomic E-state index is 12.2. The average Bonchev–Trinajstić information content (AvgIpc) is 2.63. The number of halogens is 1. The van der Waals surface area contributed by atoms with Gasteiger partial charge in [0, 0.05) is 37.6 Å². The van der Waals surface area contributed by atoms with Gasteiger partial charge in [-0.2, -0.15) is 0 Å². The van der Waals surface area contributed by atoms with Crippen LogP contribution in [0.25, 0.3) is 0 Å². The van der Waals surface area contributed by atoms with Gasteiger partial charge in [-0.3, -0.25) is 10.1 Å². The number of carbonyl (C=O) groups excluding carboxylic acids is 1. The molecule has 1 amide bonds. The monoisotopic (exact) mass is 388 g/mol. The molecule has 1 saturated heterocycles. The van der Waals surface area contributed by atoms with E-state index in [-0.39, 0.29) is 11.0 Å². The third kappa shape index (κ3) is 4.72. The van der Waals surface area contributed by atoms with Crippen LogP contribution in [-0.2, 0) is 0 Å². The van der Waals surface area contributed by atoms with Gasteiger partial charge in [0.15, 0.2) is 5.11 Å². The molecule has 7 heteroatoms. The summed E-state index contributed by atoms with van der Waals surface area (Å²) in [5.74, 6) is -0.331. The van der Waals surface area contributed by atoms with Crippen LogP contribution < -0.4 is 15.5 Å². The van der Waals surface area contributed by atoms with E-state index >= 15 is 0 Å². The molecular weight excluding hydrogens is 368 g/mol. The van der Waals surface area contributed by atoms with E-state index in [4.69, 9.17) is 23.8 Å². The first-order valence-corrected chi connectivity index (χ1v) is 9.22. The first kappa shape index (κ1) is 18.6. The number of thiocarbonyl (C=S) groups is 1. The van der Waals surface area contributed by atoms with Gasteiger partial charge < -0.3 is 15.1 Å². The minimum Gasteiger partial charge on any atom is -0.369 e. The second kappa shape index (κ2) is 8.49. The zero-order chi connectivity index (χ0) is 18.5. The average molecular weight is 389 g/mol. The zero-order valence-electron chi connectivity index (χ0n) is 14.5. The Morgan fingerprint density at radius 1 is 1.04 bits per heavy atom. The summed E-state index contributed by atoms with van der Waals surface area (Å²) in [7, 11) is 2.14. The van der Waals surface area contributed by atoms with Crippen LogP contribution in [0.4, 0.5) is 11.4 Å². The highest BCUT2D eigenvalue weighted by Crippen LogP contribution is 2.19. The number of benzene rings is 2. The van der Waals surface area contributed by atoms with Crippen LogP contribution >= 0.6 is 23.8 Å². The van der Waals surface area contributed by atoms with E-state index in [0.29, 0.717) is 10.6 Å². The Balaban J connectivity index is 1.56. The lowest BCUT2D eigenvalue weighted by molar-refractivity contribution is 0.0978. The maximum Gasteiger partial charge on any atom is 0.258 e. The Morgan fingerprint density at radius 3 is 2.35 bits per heavy atom. The summed E-state index contributed by atoms with van der Waals surface area (Å²) in [5.41, 5.74) is 2.41. The predicted octanol–water partition coefficient (Wildman–Crippen LogP) is 3.22. The maximum absolute atomic E-state index is 12.2. The molecule has 0 atom stereocenters. The van der Waals surface area contributed by atoms with Crippen molar-refractivity contribution >= 4 is 46.2 Å². The van der Waals surface area contributed by atoms with Gasteiger partial charge >= 0.3 is 0 Å². The molecule has 26 heavy (non-hydrogen) atoms. The highest BCUT2D eigenvalue weighted by atomic mass is 35.5. The summed E-state index contributed by atoms with van der Waals surface area (Å²) >= 11 is 11.3. The highest BCUT2D eigenvalue weighted by molar-refractivity contribution is 7.80. The molecule has 2 aromatic carbocycles. The van der Waals surface area contributed by atoms with E-state index in [1.54, 1.807) is 24.3 Å². The smallest absolute Gasteiger partial charge is 0.258 e. The normalized spacial score (nSPS) is 14.8. The summed E-state index contributed by atoms with van der Waals surface area (Å²) in [6.07, 6.45) is 0. The molecule has 2 aromatic rings. The van der Waals surface area contributed by atoms with Crippen molar-refractivity contribution in [2.24, 2.45) is 0 Å². The van der Waals surface area contributed by atoms with Gasteiger partial charge in [0.2, 0.25) is 0 Å². The zero-order valence-corrected chi connectivity index (χ0v) is 16.1. The van der Waals surface area contributed by atoms with E-state index in [1.165, 1.54) is 5.69 Å². The molecule has 1 aliphatic rings. The number of hydrogen-bond donors (Lipinski definition) is 2. The Labute approximate surface area is 163 Å². The third-order valence-corrected chi connectivity index (χ3v) is 4.87. The number of piperazine rings is 1. The lowest BCUT2D eigenvalue weighted by atomic mass is 10.2. The SMILES string of the molecule is CN1CCN(c2ccc(NC(=S)NC(=O)c3ccccc3Cl)cc2)CC1. The molecule has 0 spiro atoms. The molecular formula is C19H21ClN4OS. The van der Waals surface area contributed by atoms with Gasteiger partial charge in [-0.25, -0.2) is 0 Å². The van der Waals surface area contributed by atoms with Crippen molar-refractivity contribution in [1.82, 2.24) is 10.2 Å². The first-order valence-electron chi connectivity index (χ1n) is 8.43. The topological polar surface area (TPSA) is 47.6 Å². The first-order chi connectivity index (χ1) is 12.5. The molecule has 0 aliphatic carbocycles. The number of rotatable bonds is 3. The van der Waals surface area contributed by atoms with Crippen molar-refractivity contribution < 1.29 is 4.79 Å². The van der Waals surface area contributed by atoms with Crippen LogP contribution in [0.3, 0.4) is 0 Å². The Bertz CT molecular complexity index is 788. The van der Waals surface area contributed by atoms with Crippen LogP contribution in [-0.4, -0.2) is 49.1 Å². The van der Waals surface area contributed by atoms with E-state index in [2.05, 4.69) is 39.6 Å². The second-order valence-electron chi connectivity index (χ2n) is 6.23. The lowest BCUT2D eigenvalue weighted by Crippen LogP contribution is -2.44. The minimum atomic E-state index is -0.331. The van der Waals surface area contributed by atoms with Gasteiger partial charge in [-0.1, -0.05) is 23.7 Å². The Kier molecular flexibility index (Phi) is 6.08. The Morgan fingerprint density at radius 2 is 1.69 bits per heavy atom. The van der Waals surface area contributed by atoms with Crippen molar-refractivity contribution in [2.45, 2.75) is 0 Å². The molecule has 1 aliphatic heterocycles. The molecule has 3 rings (SSSR count). The lowest BCUT2D eigenvalue weighted by Gasteiger charge is -2.34. The largest absolute Gasteiger partial charge is 0.369 e. The summed E-state index contributed by atoms with van der Waals surface area (Å²) in [5, 5.41) is 6.31. The van der Waals surface area contributed by atoms with Crippen LogP contribution in [0, 0.1) is 0 Å². The molecule has 1 fully saturated rings. The standard InChI is InChI=1S/C19H21ClN4OS/c1-23-10-12-24(13-11-23)15-8-6-14(7-9-15)21-19(26)22-18(25)16-4-2-3-5-17(16)20/h2-9H,10-13H2,1H3,(H2,21,22,25,26). The van der Waals surface area contributed by atoms with Gasteiger partial charge in [0.25, 0.3) is 5.91 Å². The fourth-order valence-corrected chi connectivity index (χ4v) is 3.23. The predicted molar refractivity (Wildman–Crippen MR) is 111 cm³/mol. The van der Waals surface area contributed by atoms with E-state index < -0.39 is 0 Å². The van der Waals surface area contributed by atoms with Gasteiger partial charge in [-0.05, 0) is 55.7 Å². The molecule has 0 radical (unpaired) electrons. The summed E-state index contributed by atoms with van der Waals surface area (Å²) in [6, 6.07) is 14.9. The third-order valence-electron chi connectivity index (χ3n) is 4.34. The van der Waals surface area contributed by atoms with Crippen molar-refractivity contribution in [2.75, 3.05) is 43.4 Å². The van der Waals surface area contributed by atoms with E-state index in [1.807, 2.05) is 12.1 Å². The quantitative estimate of drug-likeness (QED) is 0.790. The summed E-state index contributed by atoms with van der Waals surface area (Å²) in [6.45, 7) is 4.18. The summed E-state index contributed by atoms with van der Waals surface area (Å²) in [4.78, 5) is 16.9. The highest BCUT2D eigenvalue weighted by Gasteiger charge is 2.14. The fourth-order valence-electron chi connectivity index (χ4n) is 2.80. The second-order valence-corrected chi connectivity index (χ2v) is 7.04. The number of nitrogens with one attached hydrogen (secondary N) is 2. The number of anilines is 2. The number of carbonyl (C=O) groups is 1. The molecule has 0 saturated carbocycles. The van der Waals surface area contributed by atoms with Crippen molar-refractivity contribution in [1.29, 1.82) is 0 Å². The molecule has 5 nitrogen and oxygen atoms in total. The Hall–Kier alpha value is -2.15. The van der Waals surface area contributed by atoms with Crippen LogP contribution in [0.15, 0.2) is 48.5 Å². The van der Waals surface area contributed by atoms with Gasteiger partial charge in [0.05, 0.1) is 10.6 Å². The van der Waals surface area contributed by atoms with Crippen molar-refractivity contribution in [3.8, 4) is 0 Å². The minimum absolute atomic E-state index is 0.238. The van der Waals surface area contributed by atoms with Gasteiger partial charge in [0.1, 0.15) is 0 Å². The van der Waals surface area contributed by atoms with Crippen LogP contribution in [0.5, 0.6) is 0 Å². The van der Waals surface area contributed by atoms with Crippen LogP contribution in [0.1, 0.15) is 10.4 Å². The van der Waals surface area contributed by atoms with Gasteiger partial charge in [-0.15, -0.1) is 0 Å². The molecule has 136 valence electrons. The number of amides is 1. The van der Waals surface area contributed by atoms with Crippen LogP contribution in [0.2, 0.25) is 5.02 Å². The molecule has 0 bridgehead atoms. The molecule has 2 N–H and O–H groups in total. The number of hydrogen-bond acceptors (Lipinski definition) is 4. The number of likely N-dealkylation sites (N-methyl/N-ethyl adjacent to an activating group) is 1. The fraction of sp³-hybridized carbons (Fsp3) is 0.263. The molecule has 1 heterocycles. The number of nitrogens with zero attached hydrogens (tertiary/aromatic N) is 2. The van der Waals surface area contributed by atoms with Crippen molar-refractivity contribution in [3.05, 3.63) is 59.1 Å². The van der Waals surface area contributed by atoms with E-state index in [0.717, 1.165) is 31.9 Å². The van der Waals surface area contributed by atoms with E-state index in [9.17, 15) is 4.79 Å². The molecule has 0 aromatic heterocycles. The molecule has 0 unspecified atom stereocenters.